The summed E-state index contributed by atoms with van der Waals surface area (Å²) >= 11 is 10.3. The second kappa shape index (κ2) is 7.91. The molecule has 2 heterocycles. The van der Waals surface area contributed by atoms with E-state index < -0.39 is 0 Å². The van der Waals surface area contributed by atoms with Gasteiger partial charge in [0.25, 0.3) is 0 Å². The van der Waals surface area contributed by atoms with Crippen molar-refractivity contribution in [3.63, 3.8) is 0 Å². The fourth-order valence-electron chi connectivity index (χ4n) is 2.21. The van der Waals surface area contributed by atoms with Gasteiger partial charge in [0.05, 0.1) is 29.5 Å². The van der Waals surface area contributed by atoms with Crippen LogP contribution < -0.4 is 11.3 Å². The Morgan fingerprint density at radius 1 is 1.60 bits per heavy atom. The Bertz CT molecular complexity index is 420. The number of hydrogen-bond acceptors (Lipinski definition) is 6. The highest BCUT2D eigenvalue weighted by molar-refractivity contribution is 8.06. The van der Waals surface area contributed by atoms with Crippen LogP contribution in [0.1, 0.15) is 11.7 Å². The lowest BCUT2D eigenvalue weighted by molar-refractivity contribution is 0.362. The van der Waals surface area contributed by atoms with E-state index in [1.54, 1.807) is 6.20 Å². The third kappa shape index (κ3) is 4.05. The standard InChI is InChI=1S/C12H22ClN5S2/c1-17(2)3-4-18-12(9(13)7-15-18)11(16-14)10-8-19-5-6-20-10/h7,10-11,16H,3-6,8,14H2,1-2H3. The Balaban J connectivity index is 2.17. The molecule has 20 heavy (non-hydrogen) atoms. The molecule has 0 aromatic carbocycles. The molecule has 1 saturated heterocycles. The first-order valence-electron chi connectivity index (χ1n) is 6.65. The van der Waals surface area contributed by atoms with Gasteiger partial charge in [0, 0.05) is 29.1 Å². The Labute approximate surface area is 133 Å². The van der Waals surface area contributed by atoms with E-state index in [2.05, 4.69) is 29.5 Å². The number of hydrazine groups is 1. The van der Waals surface area contributed by atoms with E-state index in [0.717, 1.165) is 30.3 Å². The molecule has 0 aliphatic carbocycles. The number of rotatable bonds is 6. The van der Waals surface area contributed by atoms with Crippen LogP contribution in [0.15, 0.2) is 6.20 Å². The van der Waals surface area contributed by atoms with E-state index in [1.807, 2.05) is 28.2 Å². The average Bonchev–Trinajstić information content (AvgIpc) is 2.80. The molecule has 8 heteroatoms. The van der Waals surface area contributed by atoms with Gasteiger partial charge in [-0.25, -0.2) is 0 Å². The summed E-state index contributed by atoms with van der Waals surface area (Å²) < 4.78 is 1.98. The molecule has 1 aliphatic rings. The van der Waals surface area contributed by atoms with Crippen LogP contribution in [0.3, 0.4) is 0 Å². The quantitative estimate of drug-likeness (QED) is 0.606. The zero-order valence-electron chi connectivity index (χ0n) is 11.9. The van der Waals surface area contributed by atoms with Crippen LogP contribution in [-0.2, 0) is 6.54 Å². The van der Waals surface area contributed by atoms with E-state index in [1.165, 1.54) is 5.75 Å². The molecule has 0 bridgehead atoms. The minimum absolute atomic E-state index is 0.0463. The summed E-state index contributed by atoms with van der Waals surface area (Å²) in [6, 6.07) is 0.0463. The summed E-state index contributed by atoms with van der Waals surface area (Å²) in [4.78, 5) is 2.13. The molecule has 0 amide bonds. The lowest BCUT2D eigenvalue weighted by Gasteiger charge is -2.29. The monoisotopic (exact) mass is 335 g/mol. The van der Waals surface area contributed by atoms with Crippen molar-refractivity contribution in [3.8, 4) is 0 Å². The number of nitrogens with two attached hydrogens (primary N) is 1. The summed E-state index contributed by atoms with van der Waals surface area (Å²) in [6.45, 7) is 1.74. The minimum atomic E-state index is 0.0463. The topological polar surface area (TPSA) is 59.1 Å². The SMILES string of the molecule is CN(C)CCn1ncc(Cl)c1C(NN)C1CSCCS1. The van der Waals surface area contributed by atoms with E-state index in [4.69, 9.17) is 17.4 Å². The van der Waals surface area contributed by atoms with Crippen molar-refractivity contribution in [2.24, 2.45) is 5.84 Å². The fourth-order valence-corrected chi connectivity index (χ4v) is 5.30. The van der Waals surface area contributed by atoms with Crippen LogP contribution in [0.25, 0.3) is 0 Å². The number of aromatic nitrogens is 2. The van der Waals surface area contributed by atoms with Crippen molar-refractivity contribution in [1.29, 1.82) is 0 Å². The van der Waals surface area contributed by atoms with Crippen molar-refractivity contribution in [1.82, 2.24) is 20.1 Å². The van der Waals surface area contributed by atoms with Crippen LogP contribution in [0.4, 0.5) is 0 Å². The van der Waals surface area contributed by atoms with E-state index in [9.17, 15) is 0 Å². The van der Waals surface area contributed by atoms with Gasteiger partial charge in [0.2, 0.25) is 0 Å². The summed E-state index contributed by atoms with van der Waals surface area (Å²) in [5, 5.41) is 5.53. The van der Waals surface area contributed by atoms with E-state index in [-0.39, 0.29) is 6.04 Å². The molecule has 1 aromatic rings. The average molecular weight is 336 g/mol. The molecule has 1 fully saturated rings. The molecule has 1 aromatic heterocycles. The predicted molar refractivity (Wildman–Crippen MR) is 89.4 cm³/mol. The summed E-state index contributed by atoms with van der Waals surface area (Å²) in [5.41, 5.74) is 3.96. The van der Waals surface area contributed by atoms with Gasteiger partial charge in [-0.2, -0.15) is 28.6 Å². The molecular weight excluding hydrogens is 314 g/mol. The zero-order chi connectivity index (χ0) is 14.5. The lowest BCUT2D eigenvalue weighted by atomic mass is 10.1. The minimum Gasteiger partial charge on any atom is -0.308 e. The summed E-state index contributed by atoms with van der Waals surface area (Å²) in [7, 11) is 4.11. The molecule has 2 unspecified atom stereocenters. The third-order valence-corrected chi connectivity index (χ3v) is 6.43. The highest BCUT2D eigenvalue weighted by atomic mass is 35.5. The predicted octanol–water partition coefficient (Wildman–Crippen LogP) is 1.45. The van der Waals surface area contributed by atoms with E-state index in [0.29, 0.717) is 10.3 Å². The highest BCUT2D eigenvalue weighted by Crippen LogP contribution is 2.35. The van der Waals surface area contributed by atoms with Crippen molar-refractivity contribution < 1.29 is 0 Å². The molecule has 0 saturated carbocycles. The van der Waals surface area contributed by atoms with Gasteiger partial charge >= 0.3 is 0 Å². The van der Waals surface area contributed by atoms with Crippen molar-refractivity contribution in [3.05, 3.63) is 16.9 Å². The lowest BCUT2D eigenvalue weighted by Crippen LogP contribution is -2.39. The number of nitrogens with one attached hydrogen (secondary N) is 1. The first-order valence-corrected chi connectivity index (χ1v) is 9.23. The molecule has 5 nitrogen and oxygen atoms in total. The summed E-state index contributed by atoms with van der Waals surface area (Å²) in [5.74, 6) is 9.28. The maximum atomic E-state index is 6.34. The zero-order valence-corrected chi connectivity index (χ0v) is 14.3. The third-order valence-electron chi connectivity index (χ3n) is 3.28. The molecule has 0 spiro atoms. The smallest absolute Gasteiger partial charge is 0.0835 e. The van der Waals surface area contributed by atoms with Crippen LogP contribution in [0.2, 0.25) is 5.02 Å². The Hall–Kier alpha value is 0.0800. The molecular formula is C12H22ClN5S2. The molecule has 114 valence electrons. The fraction of sp³-hybridized carbons (Fsp3) is 0.750. The van der Waals surface area contributed by atoms with Crippen LogP contribution >= 0.6 is 35.1 Å². The molecule has 2 atom stereocenters. The Morgan fingerprint density at radius 2 is 2.40 bits per heavy atom. The number of likely N-dealkylation sites (N-methyl/N-ethyl adjacent to an activating group) is 1. The Kier molecular flexibility index (Phi) is 6.51. The highest BCUT2D eigenvalue weighted by Gasteiger charge is 2.29. The molecule has 0 radical (unpaired) electrons. The maximum absolute atomic E-state index is 6.34. The van der Waals surface area contributed by atoms with E-state index >= 15 is 0 Å². The van der Waals surface area contributed by atoms with Crippen molar-refractivity contribution >= 4 is 35.1 Å². The Morgan fingerprint density at radius 3 is 3.00 bits per heavy atom. The molecule has 1 aliphatic heterocycles. The van der Waals surface area contributed by atoms with Crippen LogP contribution in [0.5, 0.6) is 0 Å². The van der Waals surface area contributed by atoms with Crippen molar-refractivity contribution in [2.45, 2.75) is 17.8 Å². The number of nitrogens with zero attached hydrogens (tertiary/aromatic N) is 3. The second-order valence-corrected chi connectivity index (χ2v) is 7.94. The van der Waals surface area contributed by atoms with Gasteiger partial charge in [-0.1, -0.05) is 11.6 Å². The maximum Gasteiger partial charge on any atom is 0.0835 e. The molecule has 3 N–H and O–H groups in total. The largest absolute Gasteiger partial charge is 0.308 e. The van der Waals surface area contributed by atoms with Crippen molar-refractivity contribution in [2.75, 3.05) is 37.9 Å². The summed E-state index contributed by atoms with van der Waals surface area (Å²) in [6.07, 6.45) is 1.72. The van der Waals surface area contributed by atoms with Gasteiger partial charge in [-0.05, 0) is 14.1 Å². The van der Waals surface area contributed by atoms with Crippen LogP contribution in [-0.4, -0.2) is 57.8 Å². The van der Waals surface area contributed by atoms with Gasteiger partial charge in [0.1, 0.15) is 0 Å². The van der Waals surface area contributed by atoms with Gasteiger partial charge < -0.3 is 4.90 Å². The van der Waals surface area contributed by atoms with Gasteiger partial charge in [-0.15, -0.1) is 0 Å². The second-order valence-electron chi connectivity index (χ2n) is 5.03. The molecule has 2 rings (SSSR count). The first kappa shape index (κ1) is 16.5. The van der Waals surface area contributed by atoms with Gasteiger partial charge in [-0.3, -0.25) is 16.0 Å². The first-order chi connectivity index (χ1) is 9.63. The van der Waals surface area contributed by atoms with Crippen LogP contribution in [0, 0.1) is 0 Å². The number of thioether (sulfide) groups is 2. The number of halogens is 1. The van der Waals surface area contributed by atoms with Gasteiger partial charge in [0.15, 0.2) is 0 Å². The normalized spacial score (nSPS) is 21.4. The number of hydrogen-bond donors (Lipinski definition) is 2.